The zero-order valence-electron chi connectivity index (χ0n) is 11.2. The molecule has 0 aromatic heterocycles. The number of rotatable bonds is 3. The molecule has 4 heteroatoms. The lowest BCUT2D eigenvalue weighted by Crippen LogP contribution is -2.61. The molecule has 2 fully saturated rings. The molecular weight excluding hydrogens is 216 g/mol. The molecule has 0 saturated carbocycles. The number of nitrogens with two attached hydrogens (primary N) is 1. The molecule has 4 nitrogen and oxygen atoms in total. The molecular formula is C13H26N2O2. The van der Waals surface area contributed by atoms with Crippen molar-refractivity contribution >= 4 is 6.41 Å². The first-order valence-electron chi connectivity index (χ1n) is 6.74. The lowest BCUT2D eigenvalue weighted by Gasteiger charge is -2.52. The van der Waals surface area contributed by atoms with Gasteiger partial charge in [0.05, 0.1) is 19.3 Å². The number of nitrogens with zero attached hydrogens (tertiary/aromatic N) is 1. The minimum absolute atomic E-state index is 0.250. The van der Waals surface area contributed by atoms with Crippen molar-refractivity contribution in [3.63, 3.8) is 0 Å². The Morgan fingerprint density at radius 2 is 1.94 bits per heavy atom. The smallest absolute Gasteiger partial charge is 0.204 e. The van der Waals surface area contributed by atoms with Gasteiger partial charge in [0.15, 0.2) is 0 Å². The molecule has 1 amide bonds. The van der Waals surface area contributed by atoms with Gasteiger partial charge < -0.3 is 10.5 Å². The minimum atomic E-state index is 0.250. The SMILES string of the molecule is CCC1(CC)CCCCN1C1COC1.NC=O. The Hall–Kier alpha value is -0.610. The molecule has 0 atom stereocenters. The van der Waals surface area contributed by atoms with E-state index in [1.807, 2.05) is 0 Å². The van der Waals surface area contributed by atoms with E-state index in [4.69, 9.17) is 9.53 Å². The van der Waals surface area contributed by atoms with Crippen LogP contribution < -0.4 is 5.73 Å². The Labute approximate surface area is 104 Å². The van der Waals surface area contributed by atoms with Crippen LogP contribution in [0.25, 0.3) is 0 Å². The zero-order chi connectivity index (χ0) is 12.7. The van der Waals surface area contributed by atoms with Crippen LogP contribution in [0.5, 0.6) is 0 Å². The van der Waals surface area contributed by atoms with Gasteiger partial charge in [-0.2, -0.15) is 0 Å². The third kappa shape index (κ3) is 3.19. The Morgan fingerprint density at radius 3 is 2.35 bits per heavy atom. The highest BCUT2D eigenvalue weighted by Crippen LogP contribution is 2.36. The maximum Gasteiger partial charge on any atom is 0.204 e. The number of likely N-dealkylation sites (tertiary alicyclic amines) is 1. The molecule has 2 rings (SSSR count). The molecule has 2 aliphatic rings. The molecule has 0 bridgehead atoms. The van der Waals surface area contributed by atoms with Crippen LogP contribution >= 0.6 is 0 Å². The second kappa shape index (κ2) is 6.97. The summed E-state index contributed by atoms with van der Waals surface area (Å²) in [6.45, 7) is 7.95. The summed E-state index contributed by atoms with van der Waals surface area (Å²) in [6, 6.07) is 0.732. The molecule has 0 aromatic carbocycles. The van der Waals surface area contributed by atoms with Gasteiger partial charge in [-0.15, -0.1) is 0 Å². The number of hydrogen-bond donors (Lipinski definition) is 1. The standard InChI is InChI=1S/C12H23NO.CH3NO/c1-3-12(4-2)7-5-6-8-13(12)11-9-14-10-11;2-1-3/h11H,3-10H2,1-2H3;1H,(H2,2,3). The maximum absolute atomic E-state index is 8.58. The van der Waals surface area contributed by atoms with Crippen molar-refractivity contribution in [3.8, 4) is 0 Å². The number of piperidine rings is 1. The van der Waals surface area contributed by atoms with Crippen LogP contribution in [0.1, 0.15) is 46.0 Å². The van der Waals surface area contributed by atoms with E-state index in [1.54, 1.807) is 0 Å². The van der Waals surface area contributed by atoms with Gasteiger partial charge in [0.1, 0.15) is 0 Å². The van der Waals surface area contributed by atoms with E-state index < -0.39 is 0 Å². The van der Waals surface area contributed by atoms with Crippen LogP contribution in [0.4, 0.5) is 0 Å². The molecule has 2 saturated heterocycles. The van der Waals surface area contributed by atoms with Crippen molar-refractivity contribution in [2.75, 3.05) is 19.8 Å². The Balaban J connectivity index is 0.000000437. The van der Waals surface area contributed by atoms with Gasteiger partial charge >= 0.3 is 0 Å². The van der Waals surface area contributed by atoms with E-state index in [0.717, 1.165) is 19.3 Å². The van der Waals surface area contributed by atoms with Crippen LogP contribution in [0.15, 0.2) is 0 Å². The minimum Gasteiger partial charge on any atom is -0.378 e. The van der Waals surface area contributed by atoms with Crippen LogP contribution in [-0.2, 0) is 9.53 Å². The van der Waals surface area contributed by atoms with Crippen molar-refractivity contribution in [2.24, 2.45) is 5.73 Å². The molecule has 0 radical (unpaired) electrons. The van der Waals surface area contributed by atoms with Crippen LogP contribution in [0, 0.1) is 0 Å². The number of ether oxygens (including phenoxy) is 1. The van der Waals surface area contributed by atoms with Gasteiger partial charge in [-0.25, -0.2) is 0 Å². The molecule has 2 heterocycles. The largest absolute Gasteiger partial charge is 0.378 e. The summed E-state index contributed by atoms with van der Waals surface area (Å²) in [5.41, 5.74) is 4.67. The van der Waals surface area contributed by atoms with Crippen LogP contribution in [-0.4, -0.2) is 42.6 Å². The molecule has 0 unspecified atom stereocenters. The third-order valence-corrected chi connectivity index (χ3v) is 4.28. The van der Waals surface area contributed by atoms with E-state index in [1.165, 1.54) is 38.6 Å². The number of amides is 1. The fourth-order valence-electron chi connectivity index (χ4n) is 3.10. The molecule has 0 aliphatic carbocycles. The number of carbonyl (C=O) groups is 1. The topological polar surface area (TPSA) is 55.6 Å². The van der Waals surface area contributed by atoms with Crippen molar-refractivity contribution in [3.05, 3.63) is 0 Å². The predicted octanol–water partition coefficient (Wildman–Crippen LogP) is 1.53. The van der Waals surface area contributed by atoms with Crippen LogP contribution in [0.3, 0.4) is 0 Å². The quantitative estimate of drug-likeness (QED) is 0.764. The molecule has 2 N–H and O–H groups in total. The highest BCUT2D eigenvalue weighted by molar-refractivity contribution is 5.42. The highest BCUT2D eigenvalue weighted by atomic mass is 16.5. The molecule has 2 aliphatic heterocycles. The van der Waals surface area contributed by atoms with E-state index in [2.05, 4.69) is 24.5 Å². The third-order valence-electron chi connectivity index (χ3n) is 4.28. The Bertz CT molecular complexity index is 225. The summed E-state index contributed by atoms with van der Waals surface area (Å²) >= 11 is 0. The first kappa shape index (κ1) is 14.5. The number of primary amides is 1. The summed E-state index contributed by atoms with van der Waals surface area (Å²) in [5.74, 6) is 0. The average molecular weight is 242 g/mol. The number of hydrogen-bond acceptors (Lipinski definition) is 3. The molecule has 0 aromatic rings. The molecule has 17 heavy (non-hydrogen) atoms. The summed E-state index contributed by atoms with van der Waals surface area (Å²) in [5, 5.41) is 0. The monoisotopic (exact) mass is 242 g/mol. The van der Waals surface area contributed by atoms with Gasteiger partial charge in [-0.05, 0) is 32.2 Å². The lowest BCUT2D eigenvalue weighted by molar-refractivity contribution is -0.119. The van der Waals surface area contributed by atoms with Gasteiger partial charge in [0.25, 0.3) is 0 Å². The fraction of sp³-hybridized carbons (Fsp3) is 0.923. The summed E-state index contributed by atoms with van der Waals surface area (Å²) < 4.78 is 5.33. The molecule has 100 valence electrons. The second-order valence-electron chi connectivity index (χ2n) is 4.91. The first-order chi connectivity index (χ1) is 8.24. The Morgan fingerprint density at radius 1 is 1.35 bits per heavy atom. The fourth-order valence-corrected chi connectivity index (χ4v) is 3.10. The van der Waals surface area contributed by atoms with Crippen molar-refractivity contribution in [2.45, 2.75) is 57.5 Å². The van der Waals surface area contributed by atoms with Crippen molar-refractivity contribution in [1.29, 1.82) is 0 Å². The highest BCUT2D eigenvalue weighted by Gasteiger charge is 2.41. The normalized spacial score (nSPS) is 24.4. The summed E-state index contributed by atoms with van der Waals surface area (Å²) in [7, 11) is 0. The van der Waals surface area contributed by atoms with Crippen molar-refractivity contribution in [1.82, 2.24) is 4.90 Å². The van der Waals surface area contributed by atoms with Crippen LogP contribution in [0.2, 0.25) is 0 Å². The van der Waals surface area contributed by atoms with Gasteiger partial charge in [-0.1, -0.05) is 20.3 Å². The Kier molecular flexibility index (Phi) is 5.92. The predicted molar refractivity (Wildman–Crippen MR) is 68.7 cm³/mol. The van der Waals surface area contributed by atoms with E-state index in [-0.39, 0.29) is 6.41 Å². The lowest BCUT2D eigenvalue weighted by atomic mass is 9.80. The molecule has 0 spiro atoms. The summed E-state index contributed by atoms with van der Waals surface area (Å²) in [4.78, 5) is 11.3. The number of carbonyl (C=O) groups excluding carboxylic acids is 1. The van der Waals surface area contributed by atoms with E-state index in [0.29, 0.717) is 5.54 Å². The summed E-state index contributed by atoms with van der Waals surface area (Å²) in [6.07, 6.45) is 7.07. The van der Waals surface area contributed by atoms with Gasteiger partial charge in [0.2, 0.25) is 6.41 Å². The second-order valence-corrected chi connectivity index (χ2v) is 4.91. The van der Waals surface area contributed by atoms with E-state index >= 15 is 0 Å². The maximum atomic E-state index is 8.58. The van der Waals surface area contributed by atoms with Crippen molar-refractivity contribution < 1.29 is 9.53 Å². The van der Waals surface area contributed by atoms with Gasteiger partial charge in [0, 0.05) is 5.54 Å². The van der Waals surface area contributed by atoms with E-state index in [9.17, 15) is 0 Å². The average Bonchev–Trinajstić information content (AvgIpc) is 2.29. The first-order valence-corrected chi connectivity index (χ1v) is 6.74. The zero-order valence-corrected chi connectivity index (χ0v) is 11.2. The van der Waals surface area contributed by atoms with Gasteiger partial charge in [-0.3, -0.25) is 9.69 Å².